The third kappa shape index (κ3) is 6.34. The van der Waals surface area contributed by atoms with Crippen molar-refractivity contribution in [2.45, 2.75) is 32.0 Å². The van der Waals surface area contributed by atoms with Gasteiger partial charge in [0.15, 0.2) is 0 Å². The van der Waals surface area contributed by atoms with E-state index in [1.807, 2.05) is 124 Å². The van der Waals surface area contributed by atoms with Crippen molar-refractivity contribution in [3.63, 3.8) is 0 Å². The molecule has 0 saturated heterocycles. The summed E-state index contributed by atoms with van der Waals surface area (Å²) in [6.07, 6.45) is 0. The molecule has 0 spiro atoms. The predicted octanol–water partition coefficient (Wildman–Crippen LogP) is 8.87. The molecule has 1 aliphatic carbocycles. The largest absolute Gasteiger partial charge is 0.494 e. The summed E-state index contributed by atoms with van der Waals surface area (Å²) in [4.78, 5) is 0. The van der Waals surface area contributed by atoms with Gasteiger partial charge in [0.05, 0.1) is 19.8 Å². The lowest BCUT2D eigenvalue weighted by atomic mass is 9.63. The molecule has 0 radical (unpaired) electrons. The molecular weight excluding hydrogens is 652 g/mol. The van der Waals surface area contributed by atoms with Crippen molar-refractivity contribution in [1.82, 2.24) is 0 Å². The lowest BCUT2D eigenvalue weighted by Gasteiger charge is -2.45. The van der Waals surface area contributed by atoms with Gasteiger partial charge in [0, 0.05) is 20.6 Å². The van der Waals surface area contributed by atoms with E-state index in [-0.39, 0.29) is 0 Å². The Kier molecular flexibility index (Phi) is 10.2. The Labute approximate surface area is 278 Å². The van der Waals surface area contributed by atoms with Gasteiger partial charge in [-0.15, -0.1) is 0 Å². The van der Waals surface area contributed by atoms with E-state index >= 15 is 0 Å². The van der Waals surface area contributed by atoms with Crippen LogP contribution >= 0.6 is 27.5 Å². The Hall–Kier alpha value is -3.81. The van der Waals surface area contributed by atoms with E-state index in [0.29, 0.717) is 57.4 Å². The van der Waals surface area contributed by atoms with E-state index in [1.54, 1.807) is 12.1 Å². The fourth-order valence-corrected chi connectivity index (χ4v) is 6.39. The average Bonchev–Trinajstić information content (AvgIpc) is 3.06. The molecule has 5 aromatic carbocycles. The van der Waals surface area contributed by atoms with Crippen LogP contribution < -0.4 is 14.2 Å². The fourth-order valence-electron chi connectivity index (χ4n) is 5.81. The first-order valence-corrected chi connectivity index (χ1v) is 16.1. The molecule has 5 aromatic rings. The van der Waals surface area contributed by atoms with Gasteiger partial charge in [-0.05, 0) is 97.6 Å². The minimum absolute atomic E-state index is 0.373. The molecule has 5 nitrogen and oxygen atoms in total. The first-order valence-electron chi connectivity index (χ1n) is 15.0. The predicted molar refractivity (Wildman–Crippen MR) is 183 cm³/mol. The zero-order valence-corrected chi connectivity index (χ0v) is 27.8. The van der Waals surface area contributed by atoms with E-state index in [9.17, 15) is 10.2 Å². The molecule has 0 fully saturated rings. The highest BCUT2D eigenvalue weighted by Gasteiger charge is 2.51. The van der Waals surface area contributed by atoms with Crippen molar-refractivity contribution in [2.75, 3.05) is 19.8 Å². The summed E-state index contributed by atoms with van der Waals surface area (Å²) in [7, 11) is 0. The molecule has 0 heterocycles. The van der Waals surface area contributed by atoms with Crippen molar-refractivity contribution < 1.29 is 24.4 Å². The van der Waals surface area contributed by atoms with Crippen LogP contribution in [0, 0.1) is 0 Å². The first kappa shape index (κ1) is 32.6. The molecule has 0 aliphatic heterocycles. The van der Waals surface area contributed by atoms with E-state index < -0.39 is 11.2 Å². The van der Waals surface area contributed by atoms with Gasteiger partial charge >= 0.3 is 0 Å². The van der Waals surface area contributed by atoms with Crippen LogP contribution in [0.3, 0.4) is 0 Å². The Morgan fingerprint density at radius 1 is 0.533 bits per heavy atom. The second-order valence-electron chi connectivity index (χ2n) is 10.4. The Bertz CT molecular complexity index is 1720. The van der Waals surface area contributed by atoms with Crippen LogP contribution in [0.15, 0.2) is 120 Å². The number of hydrogen-bond donors (Lipinski definition) is 2. The van der Waals surface area contributed by atoms with Gasteiger partial charge in [-0.1, -0.05) is 88.2 Å². The number of halogens is 2. The molecule has 0 aromatic heterocycles. The minimum atomic E-state index is -1.58. The van der Waals surface area contributed by atoms with E-state index in [0.717, 1.165) is 22.6 Å². The van der Waals surface area contributed by atoms with Gasteiger partial charge in [0.25, 0.3) is 0 Å². The van der Waals surface area contributed by atoms with Crippen LogP contribution in [0.4, 0.5) is 0 Å². The SMILES string of the molecule is CCOc1ccc(Br)cc1.CCOc1ccc(C2(O)c3ccccc3C(O)(c3ccc(OCC)cc3)c3c(Cl)cccc32)cc1. The maximum atomic E-state index is 12.5. The number of aliphatic hydroxyl groups is 2. The molecule has 0 bridgehead atoms. The molecule has 7 heteroatoms. The van der Waals surface area contributed by atoms with Crippen LogP contribution in [0.5, 0.6) is 17.2 Å². The molecule has 45 heavy (non-hydrogen) atoms. The number of rotatable bonds is 8. The standard InChI is InChI=1S/C30H27ClO4.C8H9BrO/c1-3-34-22-16-12-20(13-17-22)29(32)24-8-5-6-9-25(24)30(33,28-26(29)10-7-11-27(28)31)21-14-18-23(19-15-21)35-4-2;1-2-10-8-5-3-7(9)4-6-8/h5-19,32-33H,3-4H2,1-2H3;3-6H,2H2,1H3. The second-order valence-corrected chi connectivity index (χ2v) is 11.8. The minimum Gasteiger partial charge on any atom is -0.494 e. The molecule has 2 atom stereocenters. The van der Waals surface area contributed by atoms with Crippen molar-refractivity contribution in [3.8, 4) is 17.2 Å². The third-order valence-electron chi connectivity index (χ3n) is 7.76. The van der Waals surface area contributed by atoms with Crippen molar-refractivity contribution >= 4 is 27.5 Å². The molecule has 2 unspecified atom stereocenters. The molecule has 0 amide bonds. The quantitative estimate of drug-likeness (QED) is 0.171. The highest BCUT2D eigenvalue weighted by atomic mass is 79.9. The Morgan fingerprint density at radius 2 is 0.933 bits per heavy atom. The van der Waals surface area contributed by atoms with Crippen LogP contribution in [-0.2, 0) is 11.2 Å². The van der Waals surface area contributed by atoms with Gasteiger partial charge in [0.1, 0.15) is 28.5 Å². The maximum Gasteiger partial charge on any atom is 0.142 e. The highest BCUT2D eigenvalue weighted by molar-refractivity contribution is 9.10. The van der Waals surface area contributed by atoms with Gasteiger partial charge in [0.2, 0.25) is 0 Å². The van der Waals surface area contributed by atoms with Gasteiger partial charge < -0.3 is 24.4 Å². The zero-order chi connectivity index (χ0) is 32.0. The number of benzene rings is 5. The highest BCUT2D eigenvalue weighted by Crippen LogP contribution is 2.55. The van der Waals surface area contributed by atoms with Crippen LogP contribution in [0.1, 0.15) is 54.2 Å². The smallest absolute Gasteiger partial charge is 0.142 e. The molecule has 2 N–H and O–H groups in total. The van der Waals surface area contributed by atoms with E-state index in [2.05, 4.69) is 15.9 Å². The fraction of sp³-hybridized carbons (Fsp3) is 0.211. The summed E-state index contributed by atoms with van der Waals surface area (Å²) >= 11 is 10.1. The number of ether oxygens (including phenoxy) is 3. The maximum absolute atomic E-state index is 12.5. The lowest BCUT2D eigenvalue weighted by molar-refractivity contribution is 0.0748. The summed E-state index contributed by atoms with van der Waals surface area (Å²) in [6, 6.07) is 35.4. The van der Waals surface area contributed by atoms with Gasteiger partial charge in [-0.25, -0.2) is 0 Å². The Morgan fingerprint density at radius 3 is 1.40 bits per heavy atom. The molecule has 232 valence electrons. The van der Waals surface area contributed by atoms with Crippen molar-refractivity contribution in [2.24, 2.45) is 0 Å². The summed E-state index contributed by atoms with van der Waals surface area (Å²) in [6.45, 7) is 7.66. The molecular formula is C38H36BrClO5. The average molecular weight is 688 g/mol. The summed E-state index contributed by atoms with van der Waals surface area (Å²) in [5.74, 6) is 2.36. The number of fused-ring (bicyclic) bond motifs is 2. The molecule has 6 rings (SSSR count). The summed E-state index contributed by atoms with van der Waals surface area (Å²) in [5, 5.41) is 25.3. The van der Waals surface area contributed by atoms with Crippen LogP contribution in [-0.4, -0.2) is 30.0 Å². The first-order chi connectivity index (χ1) is 21.8. The monoisotopic (exact) mass is 686 g/mol. The summed E-state index contributed by atoms with van der Waals surface area (Å²) in [5.41, 5.74) is 0.342. The van der Waals surface area contributed by atoms with Crippen LogP contribution in [0.25, 0.3) is 0 Å². The topological polar surface area (TPSA) is 68.2 Å². The van der Waals surface area contributed by atoms with Crippen LogP contribution in [0.2, 0.25) is 5.02 Å². The third-order valence-corrected chi connectivity index (χ3v) is 8.61. The molecule has 0 saturated carbocycles. The van der Waals surface area contributed by atoms with Gasteiger partial charge in [-0.2, -0.15) is 0 Å². The normalized spacial score (nSPS) is 18.1. The zero-order valence-electron chi connectivity index (χ0n) is 25.5. The summed E-state index contributed by atoms with van der Waals surface area (Å²) < 4.78 is 17.5. The second kappa shape index (κ2) is 14.1. The molecule has 1 aliphatic rings. The number of hydrogen-bond acceptors (Lipinski definition) is 5. The van der Waals surface area contributed by atoms with Crippen molar-refractivity contribution in [1.29, 1.82) is 0 Å². The Balaban J connectivity index is 0.000000342. The van der Waals surface area contributed by atoms with Crippen molar-refractivity contribution in [3.05, 3.63) is 158 Å². The van der Waals surface area contributed by atoms with Gasteiger partial charge in [-0.3, -0.25) is 0 Å². The van der Waals surface area contributed by atoms with E-state index in [1.165, 1.54) is 0 Å². The lowest BCUT2D eigenvalue weighted by Crippen LogP contribution is -2.44. The van der Waals surface area contributed by atoms with E-state index in [4.69, 9.17) is 25.8 Å².